The Balaban J connectivity index is 1.69. The normalized spacial score (nSPS) is 15.6. The average molecular weight is 268 g/mol. The Morgan fingerprint density at radius 2 is 2.21 bits per heavy atom. The lowest BCUT2D eigenvalue weighted by atomic mass is 10.3. The van der Waals surface area contributed by atoms with Gasteiger partial charge in [0.25, 0.3) is 5.91 Å². The van der Waals surface area contributed by atoms with Crippen molar-refractivity contribution >= 4 is 11.9 Å². The number of aromatic carboxylic acids is 1. The Morgan fingerprint density at radius 1 is 1.47 bits per heavy atom. The molecule has 1 heterocycles. The van der Waals surface area contributed by atoms with Gasteiger partial charge in [0.2, 0.25) is 5.76 Å². The summed E-state index contributed by atoms with van der Waals surface area (Å²) in [7, 11) is 0. The lowest BCUT2D eigenvalue weighted by Gasteiger charge is -2.10. The molecule has 0 saturated heterocycles. The smallest absolute Gasteiger partial charge is 0.374 e. The number of carbonyl (C=O) groups excluding carboxylic acids is 1. The Labute approximate surface area is 109 Å². The average Bonchev–Trinajstić information content (AvgIpc) is 3.05. The molecule has 0 bridgehead atoms. The minimum Gasteiger partial charge on any atom is -0.475 e. The van der Waals surface area contributed by atoms with Crippen LogP contribution in [0.15, 0.2) is 10.6 Å². The van der Waals surface area contributed by atoms with Gasteiger partial charge < -0.3 is 19.7 Å². The number of nitrogens with zero attached hydrogens (tertiary/aromatic N) is 1. The molecular formula is C12H16N2O5. The van der Waals surface area contributed by atoms with Crippen LogP contribution < -0.4 is 5.32 Å². The second kappa shape index (κ2) is 6.33. The van der Waals surface area contributed by atoms with Gasteiger partial charge >= 0.3 is 5.97 Å². The van der Waals surface area contributed by atoms with E-state index in [0.29, 0.717) is 19.3 Å². The fourth-order valence-electron chi connectivity index (χ4n) is 2.02. The van der Waals surface area contributed by atoms with Crippen molar-refractivity contribution in [1.82, 2.24) is 10.5 Å². The number of hydrogen-bond donors (Lipinski definition) is 2. The third-order valence-electron chi connectivity index (χ3n) is 3.00. The molecule has 0 radical (unpaired) electrons. The maximum atomic E-state index is 11.6. The molecule has 2 N–H and O–H groups in total. The zero-order chi connectivity index (χ0) is 13.7. The van der Waals surface area contributed by atoms with E-state index in [1.54, 1.807) is 0 Å². The molecule has 7 nitrogen and oxygen atoms in total. The number of rotatable bonds is 6. The number of aromatic nitrogens is 1. The molecule has 1 amide bonds. The van der Waals surface area contributed by atoms with E-state index < -0.39 is 11.9 Å². The van der Waals surface area contributed by atoms with Crippen molar-refractivity contribution in [3.05, 3.63) is 17.5 Å². The molecule has 7 heteroatoms. The van der Waals surface area contributed by atoms with Gasteiger partial charge in [-0.25, -0.2) is 4.79 Å². The molecule has 19 heavy (non-hydrogen) atoms. The molecule has 1 fully saturated rings. The number of ether oxygens (including phenoxy) is 1. The summed E-state index contributed by atoms with van der Waals surface area (Å²) in [5.74, 6) is -2.07. The first-order chi connectivity index (χ1) is 9.16. The van der Waals surface area contributed by atoms with Crippen molar-refractivity contribution in [1.29, 1.82) is 0 Å². The minimum absolute atomic E-state index is 0.0433. The number of carbonyl (C=O) groups is 2. The molecule has 1 aliphatic carbocycles. The number of nitrogens with one attached hydrogen (secondary N) is 1. The van der Waals surface area contributed by atoms with E-state index in [1.165, 1.54) is 12.8 Å². The van der Waals surface area contributed by atoms with Crippen molar-refractivity contribution < 1.29 is 24.0 Å². The second-order valence-electron chi connectivity index (χ2n) is 4.41. The highest BCUT2D eigenvalue weighted by Gasteiger charge is 2.17. The van der Waals surface area contributed by atoms with Crippen molar-refractivity contribution in [2.45, 2.75) is 31.8 Å². The van der Waals surface area contributed by atoms with Gasteiger partial charge in [-0.3, -0.25) is 4.79 Å². The molecule has 0 unspecified atom stereocenters. The highest BCUT2D eigenvalue weighted by molar-refractivity contribution is 5.94. The van der Waals surface area contributed by atoms with Crippen LogP contribution in [-0.2, 0) is 4.74 Å². The third-order valence-corrected chi connectivity index (χ3v) is 3.00. The summed E-state index contributed by atoms with van der Waals surface area (Å²) in [4.78, 5) is 22.2. The van der Waals surface area contributed by atoms with Crippen LogP contribution in [0.25, 0.3) is 0 Å². The van der Waals surface area contributed by atoms with Gasteiger partial charge in [-0.15, -0.1) is 0 Å². The highest BCUT2D eigenvalue weighted by Crippen LogP contribution is 2.20. The highest BCUT2D eigenvalue weighted by atomic mass is 16.5. The fraction of sp³-hybridized carbons (Fsp3) is 0.583. The molecule has 104 valence electrons. The van der Waals surface area contributed by atoms with Crippen molar-refractivity contribution in [3.8, 4) is 0 Å². The monoisotopic (exact) mass is 268 g/mol. The minimum atomic E-state index is -1.25. The fourth-order valence-corrected chi connectivity index (χ4v) is 2.02. The Hall–Kier alpha value is -1.89. The van der Waals surface area contributed by atoms with E-state index in [2.05, 4.69) is 15.0 Å². The van der Waals surface area contributed by atoms with Gasteiger partial charge in [0.05, 0.1) is 12.7 Å². The molecule has 0 aliphatic heterocycles. The maximum absolute atomic E-state index is 11.6. The SMILES string of the molecule is O=C(NCCOC1CCCC1)c1cc(C(=O)O)on1. The van der Waals surface area contributed by atoms with E-state index in [1.807, 2.05) is 0 Å². The number of hydrogen-bond acceptors (Lipinski definition) is 5. The molecule has 0 aromatic carbocycles. The van der Waals surface area contributed by atoms with E-state index in [-0.39, 0.29) is 11.5 Å². The summed E-state index contributed by atoms with van der Waals surface area (Å²) in [6.07, 6.45) is 4.88. The molecule has 0 atom stereocenters. The first-order valence-electron chi connectivity index (χ1n) is 6.26. The van der Waals surface area contributed by atoms with Gasteiger partial charge in [-0.1, -0.05) is 18.0 Å². The zero-order valence-electron chi connectivity index (χ0n) is 10.4. The quantitative estimate of drug-likeness (QED) is 0.748. The lowest BCUT2D eigenvalue weighted by molar-refractivity contribution is 0.0580. The van der Waals surface area contributed by atoms with Gasteiger partial charge in [-0.2, -0.15) is 0 Å². The van der Waals surface area contributed by atoms with Crippen LogP contribution in [0.5, 0.6) is 0 Å². The Morgan fingerprint density at radius 3 is 2.84 bits per heavy atom. The van der Waals surface area contributed by atoms with Gasteiger partial charge in [0, 0.05) is 12.6 Å². The summed E-state index contributed by atoms with van der Waals surface area (Å²) in [5, 5.41) is 14.6. The predicted octanol–water partition coefficient (Wildman–Crippen LogP) is 1.06. The first-order valence-corrected chi connectivity index (χ1v) is 6.26. The van der Waals surface area contributed by atoms with E-state index >= 15 is 0 Å². The zero-order valence-corrected chi connectivity index (χ0v) is 10.4. The third kappa shape index (κ3) is 3.78. The summed E-state index contributed by atoms with van der Waals surface area (Å²) < 4.78 is 10.1. The first kappa shape index (κ1) is 13.5. The number of carboxylic acids is 1. The van der Waals surface area contributed by atoms with Crippen LogP contribution in [-0.4, -0.2) is 41.4 Å². The van der Waals surface area contributed by atoms with E-state index in [0.717, 1.165) is 18.9 Å². The summed E-state index contributed by atoms with van der Waals surface area (Å²) in [6.45, 7) is 0.810. The molecule has 1 saturated carbocycles. The molecule has 1 aromatic rings. The largest absolute Gasteiger partial charge is 0.475 e. The predicted molar refractivity (Wildman–Crippen MR) is 64.0 cm³/mol. The van der Waals surface area contributed by atoms with Crippen LogP contribution in [0.1, 0.15) is 46.7 Å². The topological polar surface area (TPSA) is 102 Å². The van der Waals surface area contributed by atoms with Crippen molar-refractivity contribution in [2.75, 3.05) is 13.2 Å². The van der Waals surface area contributed by atoms with Crippen LogP contribution in [0.2, 0.25) is 0 Å². The van der Waals surface area contributed by atoms with Gasteiger partial charge in [0.15, 0.2) is 5.69 Å². The van der Waals surface area contributed by atoms with Gasteiger partial charge in [-0.05, 0) is 12.8 Å². The number of carboxylic acid groups (broad SMARTS) is 1. The van der Waals surface area contributed by atoms with Crippen LogP contribution in [0, 0.1) is 0 Å². The molecule has 1 aliphatic rings. The summed E-state index contributed by atoms with van der Waals surface area (Å²) in [5.41, 5.74) is -0.0433. The molecule has 0 spiro atoms. The van der Waals surface area contributed by atoms with E-state index in [9.17, 15) is 9.59 Å². The van der Waals surface area contributed by atoms with Crippen LogP contribution in [0.3, 0.4) is 0 Å². The van der Waals surface area contributed by atoms with Gasteiger partial charge in [0.1, 0.15) is 0 Å². The molecular weight excluding hydrogens is 252 g/mol. The van der Waals surface area contributed by atoms with Crippen molar-refractivity contribution in [2.24, 2.45) is 0 Å². The summed E-state index contributed by atoms with van der Waals surface area (Å²) in [6, 6.07) is 1.09. The van der Waals surface area contributed by atoms with E-state index in [4.69, 9.17) is 9.84 Å². The van der Waals surface area contributed by atoms with Crippen molar-refractivity contribution in [3.63, 3.8) is 0 Å². The van der Waals surface area contributed by atoms with Crippen LogP contribution in [0.4, 0.5) is 0 Å². The standard InChI is InChI=1S/C12H16N2O5/c15-11(9-7-10(12(16)17)19-14-9)13-5-6-18-8-3-1-2-4-8/h7-8H,1-6H2,(H,13,15)(H,16,17). The van der Waals surface area contributed by atoms with Crippen LogP contribution >= 0.6 is 0 Å². The second-order valence-corrected chi connectivity index (χ2v) is 4.41. The summed E-state index contributed by atoms with van der Waals surface area (Å²) >= 11 is 0. The Kier molecular flexibility index (Phi) is 4.51. The number of amides is 1. The lowest BCUT2D eigenvalue weighted by Crippen LogP contribution is -2.28. The molecule has 2 rings (SSSR count). The Bertz CT molecular complexity index is 451. The molecule has 1 aromatic heterocycles. The maximum Gasteiger partial charge on any atom is 0.374 e.